The van der Waals surface area contributed by atoms with Gasteiger partial charge < -0.3 is 5.32 Å². The molecule has 1 aromatic carbocycles. The Bertz CT molecular complexity index is 476. The summed E-state index contributed by atoms with van der Waals surface area (Å²) >= 11 is 5.00. The second kappa shape index (κ2) is 5.76. The average Bonchev–Trinajstić information content (AvgIpc) is 2.76. The van der Waals surface area contributed by atoms with E-state index in [0.29, 0.717) is 6.04 Å². The number of hydrogen-bond acceptors (Lipinski definition) is 3. The molecule has 0 saturated carbocycles. The maximum Gasteiger partial charge on any atom is 0.0844 e. The normalized spacial score (nSPS) is 11.1. The molecule has 17 heavy (non-hydrogen) atoms. The zero-order chi connectivity index (χ0) is 12.3. The minimum absolute atomic E-state index is 0.508. The average molecular weight is 311 g/mol. The third-order valence-corrected chi connectivity index (χ3v) is 3.70. The van der Waals surface area contributed by atoms with Gasteiger partial charge in [-0.25, -0.2) is 0 Å². The summed E-state index contributed by atoms with van der Waals surface area (Å²) in [7, 11) is 0. The number of nitrogens with one attached hydrogen (secondary N) is 1. The fraction of sp³-hybridized carbons (Fsp3) is 0.308. The molecular formula is C13H15BrN2S. The van der Waals surface area contributed by atoms with Crippen LogP contribution in [0.25, 0.3) is 11.3 Å². The first-order valence-electron chi connectivity index (χ1n) is 5.60. The molecule has 0 unspecified atom stereocenters. The van der Waals surface area contributed by atoms with Crippen LogP contribution in [0.1, 0.15) is 18.7 Å². The van der Waals surface area contributed by atoms with Crippen molar-refractivity contribution in [2.45, 2.75) is 26.4 Å². The van der Waals surface area contributed by atoms with Crippen molar-refractivity contribution in [2.24, 2.45) is 0 Å². The molecule has 90 valence electrons. The summed E-state index contributed by atoms with van der Waals surface area (Å²) in [5.74, 6) is 0. The Kier molecular flexibility index (Phi) is 4.31. The molecule has 1 aromatic heterocycles. The summed E-state index contributed by atoms with van der Waals surface area (Å²) in [6.45, 7) is 5.19. The maximum atomic E-state index is 4.48. The molecule has 1 heterocycles. The van der Waals surface area contributed by atoms with E-state index < -0.39 is 0 Å². The number of rotatable bonds is 4. The van der Waals surface area contributed by atoms with E-state index in [-0.39, 0.29) is 0 Å². The van der Waals surface area contributed by atoms with E-state index in [1.807, 2.05) is 12.1 Å². The van der Waals surface area contributed by atoms with E-state index in [1.165, 1.54) is 10.4 Å². The molecule has 0 aliphatic rings. The standard InChI is InChI=1S/C13H15BrN2S/c1-9(2)15-8-12-7-13(16-17-12)10-3-5-11(14)6-4-10/h3-7,9,15H,8H2,1-2H3. The molecule has 0 amide bonds. The zero-order valence-electron chi connectivity index (χ0n) is 9.90. The molecule has 0 bridgehead atoms. The molecule has 2 nitrogen and oxygen atoms in total. The molecule has 0 atom stereocenters. The minimum atomic E-state index is 0.508. The largest absolute Gasteiger partial charge is 0.310 e. The Balaban J connectivity index is 2.10. The monoisotopic (exact) mass is 310 g/mol. The lowest BCUT2D eigenvalue weighted by Gasteiger charge is -2.04. The fourth-order valence-corrected chi connectivity index (χ4v) is 2.41. The van der Waals surface area contributed by atoms with Crippen molar-refractivity contribution in [1.29, 1.82) is 0 Å². The van der Waals surface area contributed by atoms with E-state index in [0.717, 1.165) is 16.7 Å². The van der Waals surface area contributed by atoms with Gasteiger partial charge in [0, 0.05) is 27.5 Å². The highest BCUT2D eigenvalue weighted by atomic mass is 79.9. The molecule has 2 rings (SSSR count). The van der Waals surface area contributed by atoms with Crippen molar-refractivity contribution >= 4 is 27.5 Å². The van der Waals surface area contributed by atoms with Crippen LogP contribution in [0.15, 0.2) is 34.8 Å². The molecule has 1 N–H and O–H groups in total. The van der Waals surface area contributed by atoms with Gasteiger partial charge in [-0.05, 0) is 29.7 Å². The number of hydrogen-bond donors (Lipinski definition) is 1. The van der Waals surface area contributed by atoms with Crippen LogP contribution >= 0.6 is 27.5 Å². The molecular weight excluding hydrogens is 296 g/mol. The van der Waals surface area contributed by atoms with Gasteiger partial charge in [-0.1, -0.05) is 41.9 Å². The quantitative estimate of drug-likeness (QED) is 0.920. The molecule has 0 aliphatic heterocycles. The number of aromatic nitrogens is 1. The van der Waals surface area contributed by atoms with Crippen LogP contribution in [0.2, 0.25) is 0 Å². The third kappa shape index (κ3) is 3.63. The first-order chi connectivity index (χ1) is 8.15. The summed E-state index contributed by atoms with van der Waals surface area (Å²) in [4.78, 5) is 1.27. The molecule has 0 fully saturated rings. The predicted octanol–water partition coefficient (Wildman–Crippen LogP) is 4.07. The smallest absolute Gasteiger partial charge is 0.0844 e. The van der Waals surface area contributed by atoms with Gasteiger partial charge >= 0.3 is 0 Å². The van der Waals surface area contributed by atoms with Gasteiger partial charge in [0.15, 0.2) is 0 Å². The van der Waals surface area contributed by atoms with Crippen molar-refractivity contribution in [1.82, 2.24) is 9.69 Å². The van der Waals surface area contributed by atoms with Gasteiger partial charge in [0.1, 0.15) is 0 Å². The predicted molar refractivity (Wildman–Crippen MR) is 77.2 cm³/mol. The van der Waals surface area contributed by atoms with Gasteiger partial charge in [0.05, 0.1) is 5.69 Å². The fourth-order valence-electron chi connectivity index (χ4n) is 1.46. The number of halogens is 1. The van der Waals surface area contributed by atoms with Crippen molar-refractivity contribution in [2.75, 3.05) is 0 Å². The Morgan fingerprint density at radius 3 is 2.65 bits per heavy atom. The molecule has 0 radical (unpaired) electrons. The zero-order valence-corrected chi connectivity index (χ0v) is 12.3. The van der Waals surface area contributed by atoms with Crippen LogP contribution in [0.5, 0.6) is 0 Å². The lowest BCUT2D eigenvalue weighted by atomic mass is 10.1. The Morgan fingerprint density at radius 2 is 2.00 bits per heavy atom. The maximum absolute atomic E-state index is 4.48. The third-order valence-electron chi connectivity index (χ3n) is 2.38. The van der Waals surface area contributed by atoms with E-state index in [9.17, 15) is 0 Å². The molecule has 0 spiro atoms. The summed E-state index contributed by atoms with van der Waals surface area (Å²) in [6, 6.07) is 10.9. The first-order valence-corrected chi connectivity index (χ1v) is 7.16. The summed E-state index contributed by atoms with van der Waals surface area (Å²) in [6.07, 6.45) is 0. The molecule has 4 heteroatoms. The van der Waals surface area contributed by atoms with E-state index >= 15 is 0 Å². The molecule has 2 aromatic rings. The van der Waals surface area contributed by atoms with Crippen molar-refractivity contribution in [3.05, 3.63) is 39.7 Å². The van der Waals surface area contributed by atoms with Crippen molar-refractivity contribution < 1.29 is 0 Å². The van der Waals surface area contributed by atoms with Crippen molar-refractivity contribution in [3.63, 3.8) is 0 Å². The number of benzene rings is 1. The Labute approximate surface area is 114 Å². The van der Waals surface area contributed by atoms with E-state index in [1.54, 1.807) is 11.5 Å². The summed E-state index contributed by atoms with van der Waals surface area (Å²) in [5, 5.41) is 3.40. The van der Waals surface area contributed by atoms with Crippen LogP contribution in [0.4, 0.5) is 0 Å². The van der Waals surface area contributed by atoms with Crippen LogP contribution in [0, 0.1) is 0 Å². The number of nitrogens with zero attached hydrogens (tertiary/aromatic N) is 1. The second-order valence-electron chi connectivity index (χ2n) is 4.22. The van der Waals surface area contributed by atoms with Crippen LogP contribution < -0.4 is 5.32 Å². The Morgan fingerprint density at radius 1 is 1.29 bits per heavy atom. The van der Waals surface area contributed by atoms with Gasteiger partial charge in [0.25, 0.3) is 0 Å². The van der Waals surface area contributed by atoms with Crippen molar-refractivity contribution in [3.8, 4) is 11.3 Å². The highest BCUT2D eigenvalue weighted by Gasteiger charge is 2.04. The van der Waals surface area contributed by atoms with E-state index in [4.69, 9.17) is 0 Å². The van der Waals surface area contributed by atoms with E-state index in [2.05, 4.69) is 57.7 Å². The lowest BCUT2D eigenvalue weighted by Crippen LogP contribution is -2.21. The topological polar surface area (TPSA) is 24.9 Å². The molecule has 0 aliphatic carbocycles. The van der Waals surface area contributed by atoms with Crippen LogP contribution in [-0.4, -0.2) is 10.4 Å². The summed E-state index contributed by atoms with van der Waals surface area (Å²) in [5.41, 5.74) is 2.23. The second-order valence-corrected chi connectivity index (χ2v) is 6.03. The first kappa shape index (κ1) is 12.7. The summed E-state index contributed by atoms with van der Waals surface area (Å²) < 4.78 is 5.58. The van der Waals surface area contributed by atoms with Crippen LogP contribution in [-0.2, 0) is 6.54 Å². The van der Waals surface area contributed by atoms with Gasteiger partial charge in [0.2, 0.25) is 0 Å². The van der Waals surface area contributed by atoms with Gasteiger partial charge in [-0.2, -0.15) is 4.37 Å². The Hall–Kier alpha value is -0.710. The van der Waals surface area contributed by atoms with Gasteiger partial charge in [-0.3, -0.25) is 0 Å². The highest BCUT2D eigenvalue weighted by molar-refractivity contribution is 9.10. The van der Waals surface area contributed by atoms with Gasteiger partial charge in [-0.15, -0.1) is 0 Å². The SMILES string of the molecule is CC(C)NCc1cc(-c2ccc(Br)cc2)ns1. The lowest BCUT2D eigenvalue weighted by molar-refractivity contribution is 0.593. The van der Waals surface area contributed by atoms with Crippen LogP contribution in [0.3, 0.4) is 0 Å². The molecule has 0 saturated heterocycles. The minimum Gasteiger partial charge on any atom is -0.310 e. The highest BCUT2D eigenvalue weighted by Crippen LogP contribution is 2.23.